The molecule has 0 atom stereocenters. The van der Waals surface area contributed by atoms with E-state index in [-0.39, 0.29) is 6.61 Å². The number of aliphatic hydroxyl groups is 1. The molecule has 106 valence electrons. The van der Waals surface area contributed by atoms with Gasteiger partial charge in [-0.25, -0.2) is 0 Å². The van der Waals surface area contributed by atoms with Crippen LogP contribution in [0.4, 0.5) is 0 Å². The second-order valence-electron chi connectivity index (χ2n) is 4.23. The molecule has 0 saturated heterocycles. The van der Waals surface area contributed by atoms with Gasteiger partial charge in [-0.1, -0.05) is 6.07 Å². The molecule has 0 saturated carbocycles. The van der Waals surface area contributed by atoms with Crippen LogP contribution in [0.1, 0.15) is 11.1 Å². The maximum Gasteiger partial charge on any atom is 0.175 e. The molecule has 4 nitrogen and oxygen atoms in total. The molecule has 2 rings (SSSR count). The first-order valence-corrected chi connectivity index (χ1v) is 7.03. The number of hydrogen-bond donors (Lipinski definition) is 1. The minimum atomic E-state index is -0.0368. The molecule has 1 aromatic heterocycles. The molecule has 0 aliphatic rings. The molecular formula is C15H16BrNO3. The van der Waals surface area contributed by atoms with Crippen molar-refractivity contribution >= 4 is 15.9 Å². The van der Waals surface area contributed by atoms with Gasteiger partial charge < -0.3 is 14.6 Å². The molecule has 0 spiro atoms. The smallest absolute Gasteiger partial charge is 0.175 e. The van der Waals surface area contributed by atoms with Crippen LogP contribution in [0.25, 0.3) is 0 Å². The predicted molar refractivity (Wildman–Crippen MR) is 80.1 cm³/mol. The van der Waals surface area contributed by atoms with Gasteiger partial charge in [-0.2, -0.15) is 0 Å². The van der Waals surface area contributed by atoms with Gasteiger partial charge in [0, 0.05) is 18.8 Å². The average Bonchev–Trinajstić information content (AvgIpc) is 2.49. The predicted octanol–water partition coefficient (Wildman–Crippen LogP) is 2.97. The summed E-state index contributed by atoms with van der Waals surface area (Å²) in [6.45, 7) is 0.490. The lowest BCUT2D eigenvalue weighted by molar-refractivity contribution is 0.277. The second kappa shape index (κ2) is 7.26. The zero-order valence-electron chi connectivity index (χ0n) is 11.2. The van der Waals surface area contributed by atoms with Gasteiger partial charge in [0.05, 0.1) is 24.8 Å². The zero-order chi connectivity index (χ0) is 14.4. The van der Waals surface area contributed by atoms with Gasteiger partial charge >= 0.3 is 0 Å². The molecule has 0 aliphatic carbocycles. The van der Waals surface area contributed by atoms with E-state index in [1.54, 1.807) is 19.4 Å². The summed E-state index contributed by atoms with van der Waals surface area (Å²) in [6, 6.07) is 7.51. The van der Waals surface area contributed by atoms with Crippen LogP contribution in [0.3, 0.4) is 0 Å². The molecule has 0 aliphatic heterocycles. The normalized spacial score (nSPS) is 10.3. The molecule has 0 unspecified atom stereocenters. The molecule has 1 aromatic carbocycles. The Morgan fingerprint density at radius 1 is 1.30 bits per heavy atom. The van der Waals surface area contributed by atoms with Crippen LogP contribution < -0.4 is 9.47 Å². The maximum absolute atomic E-state index is 9.17. The summed E-state index contributed by atoms with van der Waals surface area (Å²) in [5.41, 5.74) is 1.89. The van der Waals surface area contributed by atoms with Gasteiger partial charge in [0.1, 0.15) is 0 Å². The summed E-state index contributed by atoms with van der Waals surface area (Å²) < 4.78 is 11.8. The summed E-state index contributed by atoms with van der Waals surface area (Å²) in [7, 11) is 1.58. The van der Waals surface area contributed by atoms with Crippen molar-refractivity contribution in [3.63, 3.8) is 0 Å². The minimum absolute atomic E-state index is 0.0368. The van der Waals surface area contributed by atoms with Crippen molar-refractivity contribution in [2.75, 3.05) is 13.7 Å². The Balaban J connectivity index is 2.05. The lowest BCUT2D eigenvalue weighted by Crippen LogP contribution is -2.04. The van der Waals surface area contributed by atoms with Gasteiger partial charge in [-0.15, -0.1) is 0 Å². The second-order valence-corrected chi connectivity index (χ2v) is 5.08. The van der Waals surface area contributed by atoms with Crippen molar-refractivity contribution < 1.29 is 14.6 Å². The van der Waals surface area contributed by atoms with Gasteiger partial charge in [0.15, 0.2) is 11.5 Å². The van der Waals surface area contributed by atoms with Crippen molar-refractivity contribution in [1.82, 2.24) is 4.98 Å². The standard InChI is InChI=1S/C15H16BrNO3/c1-19-14-8-12(10-18)7-13(16)15(14)20-6-4-11-3-2-5-17-9-11/h2-3,5,7-9,18H,4,6,10H2,1H3. The first-order chi connectivity index (χ1) is 9.74. The van der Waals surface area contributed by atoms with E-state index in [2.05, 4.69) is 20.9 Å². The fourth-order valence-electron chi connectivity index (χ4n) is 1.82. The number of halogens is 1. The van der Waals surface area contributed by atoms with E-state index in [1.165, 1.54) is 0 Å². The number of hydrogen-bond acceptors (Lipinski definition) is 4. The third-order valence-electron chi connectivity index (χ3n) is 2.83. The van der Waals surface area contributed by atoms with Crippen LogP contribution in [-0.2, 0) is 13.0 Å². The summed E-state index contributed by atoms with van der Waals surface area (Å²) in [6.07, 6.45) is 4.34. The number of rotatable bonds is 6. The van der Waals surface area contributed by atoms with Crippen molar-refractivity contribution in [3.8, 4) is 11.5 Å². The molecule has 0 bridgehead atoms. The van der Waals surface area contributed by atoms with Crippen LogP contribution in [-0.4, -0.2) is 23.8 Å². The number of aromatic nitrogens is 1. The average molecular weight is 338 g/mol. The molecule has 5 heteroatoms. The van der Waals surface area contributed by atoms with Crippen LogP contribution >= 0.6 is 15.9 Å². The lowest BCUT2D eigenvalue weighted by atomic mass is 10.2. The molecule has 0 amide bonds. The summed E-state index contributed by atoms with van der Waals surface area (Å²) in [5, 5.41) is 9.17. The van der Waals surface area contributed by atoms with Gasteiger partial charge in [0.2, 0.25) is 0 Å². The first kappa shape index (κ1) is 14.8. The van der Waals surface area contributed by atoms with Crippen molar-refractivity contribution in [2.45, 2.75) is 13.0 Å². The van der Waals surface area contributed by atoms with Crippen molar-refractivity contribution in [1.29, 1.82) is 0 Å². The number of nitrogens with zero attached hydrogens (tertiary/aromatic N) is 1. The van der Waals surface area contributed by atoms with E-state index in [0.29, 0.717) is 18.1 Å². The van der Waals surface area contributed by atoms with E-state index in [4.69, 9.17) is 9.47 Å². The van der Waals surface area contributed by atoms with E-state index in [1.807, 2.05) is 24.4 Å². The van der Waals surface area contributed by atoms with Crippen LogP contribution in [0, 0.1) is 0 Å². The van der Waals surface area contributed by atoms with E-state index >= 15 is 0 Å². The van der Waals surface area contributed by atoms with Crippen LogP contribution in [0.2, 0.25) is 0 Å². The highest BCUT2D eigenvalue weighted by Crippen LogP contribution is 2.36. The fourth-order valence-corrected chi connectivity index (χ4v) is 2.43. The number of methoxy groups -OCH3 is 1. The minimum Gasteiger partial charge on any atom is -0.493 e. The van der Waals surface area contributed by atoms with Gasteiger partial charge in [-0.3, -0.25) is 4.98 Å². The topological polar surface area (TPSA) is 51.6 Å². The Morgan fingerprint density at radius 2 is 2.15 bits per heavy atom. The highest BCUT2D eigenvalue weighted by Gasteiger charge is 2.11. The Kier molecular flexibility index (Phi) is 5.38. The monoisotopic (exact) mass is 337 g/mol. The molecule has 1 N–H and O–H groups in total. The molecule has 0 radical (unpaired) electrons. The Bertz CT molecular complexity index is 561. The van der Waals surface area contributed by atoms with E-state index < -0.39 is 0 Å². The Morgan fingerprint density at radius 3 is 2.80 bits per heavy atom. The molecular weight excluding hydrogens is 322 g/mol. The summed E-state index contributed by atoms with van der Waals surface area (Å²) in [5.74, 6) is 1.25. The highest BCUT2D eigenvalue weighted by atomic mass is 79.9. The lowest BCUT2D eigenvalue weighted by Gasteiger charge is -2.13. The Hall–Kier alpha value is -1.59. The quantitative estimate of drug-likeness (QED) is 0.880. The van der Waals surface area contributed by atoms with Crippen LogP contribution in [0.5, 0.6) is 11.5 Å². The van der Waals surface area contributed by atoms with E-state index in [9.17, 15) is 5.11 Å². The molecule has 0 fully saturated rings. The first-order valence-electron chi connectivity index (χ1n) is 6.23. The SMILES string of the molecule is COc1cc(CO)cc(Br)c1OCCc1cccnc1. The summed E-state index contributed by atoms with van der Waals surface area (Å²) in [4.78, 5) is 4.07. The molecule has 20 heavy (non-hydrogen) atoms. The maximum atomic E-state index is 9.17. The van der Waals surface area contributed by atoms with Gasteiger partial charge in [0.25, 0.3) is 0 Å². The number of benzene rings is 1. The van der Waals surface area contributed by atoms with Crippen molar-refractivity contribution in [3.05, 3.63) is 52.3 Å². The van der Waals surface area contributed by atoms with Crippen molar-refractivity contribution in [2.24, 2.45) is 0 Å². The molecule has 2 aromatic rings. The van der Waals surface area contributed by atoms with Gasteiger partial charge in [-0.05, 0) is 45.3 Å². The third kappa shape index (κ3) is 3.71. The summed E-state index contributed by atoms with van der Waals surface area (Å²) >= 11 is 3.44. The largest absolute Gasteiger partial charge is 0.493 e. The number of pyridine rings is 1. The number of ether oxygens (including phenoxy) is 2. The highest BCUT2D eigenvalue weighted by molar-refractivity contribution is 9.10. The van der Waals surface area contributed by atoms with E-state index in [0.717, 1.165) is 22.0 Å². The Labute approximate surface area is 126 Å². The fraction of sp³-hybridized carbons (Fsp3) is 0.267. The number of aliphatic hydroxyl groups excluding tert-OH is 1. The zero-order valence-corrected chi connectivity index (χ0v) is 12.8. The van der Waals surface area contributed by atoms with Crippen LogP contribution in [0.15, 0.2) is 41.1 Å². The molecule has 1 heterocycles. The third-order valence-corrected chi connectivity index (χ3v) is 3.42.